The summed E-state index contributed by atoms with van der Waals surface area (Å²) in [6.45, 7) is 1.96. The number of rotatable bonds is 0. The number of nitrogens with one attached hydrogen (secondary N) is 1. The number of thiol groups is 1. The Morgan fingerprint density at radius 3 is 3.15 bits per heavy atom. The van der Waals surface area contributed by atoms with Gasteiger partial charge in [-0.05, 0) is 36.2 Å². The van der Waals surface area contributed by atoms with Crippen LogP contribution in [0.25, 0.3) is 0 Å². The topological polar surface area (TPSA) is 12.0 Å². The number of halogens is 1. The summed E-state index contributed by atoms with van der Waals surface area (Å²) < 4.78 is 0. The lowest BCUT2D eigenvalue weighted by molar-refractivity contribution is 0.706. The van der Waals surface area contributed by atoms with E-state index in [-0.39, 0.29) is 5.25 Å². The van der Waals surface area contributed by atoms with Crippen LogP contribution in [0.4, 0.5) is 0 Å². The van der Waals surface area contributed by atoms with Crippen molar-refractivity contribution in [3.05, 3.63) is 34.3 Å². The van der Waals surface area contributed by atoms with Gasteiger partial charge in [0.1, 0.15) is 0 Å². The Labute approximate surface area is 88.9 Å². The summed E-state index contributed by atoms with van der Waals surface area (Å²) in [4.78, 5) is 0. The summed E-state index contributed by atoms with van der Waals surface area (Å²) in [6, 6.07) is 6.08. The fraction of sp³-hybridized carbons (Fsp3) is 0.400. The molecule has 0 saturated heterocycles. The molecular weight excluding hydrogens is 202 g/mol. The number of fused-ring (bicyclic) bond motifs is 1. The van der Waals surface area contributed by atoms with Crippen LogP contribution < -0.4 is 5.32 Å². The van der Waals surface area contributed by atoms with Crippen LogP contribution in [0.3, 0.4) is 0 Å². The van der Waals surface area contributed by atoms with E-state index in [0.29, 0.717) is 0 Å². The molecule has 2 rings (SSSR count). The third kappa shape index (κ3) is 2.01. The van der Waals surface area contributed by atoms with Gasteiger partial charge in [-0.3, -0.25) is 0 Å². The molecule has 0 spiro atoms. The number of benzene rings is 1. The number of hydrogen-bond donors (Lipinski definition) is 2. The third-order valence-electron chi connectivity index (χ3n) is 2.38. The zero-order chi connectivity index (χ0) is 9.26. The molecule has 1 aliphatic heterocycles. The van der Waals surface area contributed by atoms with E-state index >= 15 is 0 Å². The first-order valence-corrected chi connectivity index (χ1v) is 5.34. The van der Waals surface area contributed by atoms with E-state index < -0.39 is 0 Å². The Morgan fingerprint density at radius 2 is 2.31 bits per heavy atom. The normalized spacial score (nSPS) is 22.2. The summed E-state index contributed by atoms with van der Waals surface area (Å²) in [7, 11) is 0. The molecule has 0 radical (unpaired) electrons. The lowest BCUT2D eigenvalue weighted by Gasteiger charge is -2.11. The van der Waals surface area contributed by atoms with Crippen LogP contribution in [0, 0.1) is 0 Å². The predicted molar refractivity (Wildman–Crippen MR) is 59.8 cm³/mol. The molecule has 1 aromatic carbocycles. The fourth-order valence-corrected chi connectivity index (χ4v) is 2.23. The van der Waals surface area contributed by atoms with Crippen LogP contribution in [0.2, 0.25) is 5.02 Å². The van der Waals surface area contributed by atoms with Crippen molar-refractivity contribution in [2.24, 2.45) is 0 Å². The van der Waals surface area contributed by atoms with Gasteiger partial charge in [-0.1, -0.05) is 17.7 Å². The maximum atomic E-state index is 5.94. The standard InChI is InChI=1S/C10H12ClNS/c11-8-2-1-7-3-4-12-6-10(13)9(7)5-8/h1-2,5,10,12-13H,3-4,6H2. The minimum atomic E-state index is 0.274. The first-order valence-electron chi connectivity index (χ1n) is 4.44. The van der Waals surface area contributed by atoms with Gasteiger partial charge in [0, 0.05) is 16.8 Å². The van der Waals surface area contributed by atoms with Gasteiger partial charge in [-0.15, -0.1) is 0 Å². The highest BCUT2D eigenvalue weighted by Crippen LogP contribution is 2.27. The van der Waals surface area contributed by atoms with Gasteiger partial charge in [0.05, 0.1) is 0 Å². The summed E-state index contributed by atoms with van der Waals surface area (Å²) in [5, 5.41) is 4.42. The van der Waals surface area contributed by atoms with Crippen molar-refractivity contribution in [2.75, 3.05) is 13.1 Å². The first-order chi connectivity index (χ1) is 6.27. The van der Waals surface area contributed by atoms with Gasteiger partial charge < -0.3 is 5.32 Å². The molecular formula is C10H12ClNS. The molecule has 1 aliphatic rings. The molecule has 0 bridgehead atoms. The molecule has 1 aromatic rings. The molecule has 1 heterocycles. The molecule has 1 N–H and O–H groups in total. The van der Waals surface area contributed by atoms with Crippen molar-refractivity contribution in [3.8, 4) is 0 Å². The van der Waals surface area contributed by atoms with E-state index in [9.17, 15) is 0 Å². The Morgan fingerprint density at radius 1 is 1.46 bits per heavy atom. The van der Waals surface area contributed by atoms with Crippen LogP contribution in [-0.4, -0.2) is 13.1 Å². The second kappa shape index (κ2) is 3.91. The monoisotopic (exact) mass is 213 g/mol. The summed E-state index contributed by atoms with van der Waals surface area (Å²) >= 11 is 10.5. The van der Waals surface area contributed by atoms with Crippen LogP contribution >= 0.6 is 24.2 Å². The molecule has 0 amide bonds. The summed E-state index contributed by atoms with van der Waals surface area (Å²) in [5.41, 5.74) is 2.65. The molecule has 0 saturated carbocycles. The highest BCUT2D eigenvalue weighted by atomic mass is 35.5. The van der Waals surface area contributed by atoms with E-state index in [1.54, 1.807) is 0 Å². The zero-order valence-corrected chi connectivity index (χ0v) is 8.91. The number of hydrogen-bond acceptors (Lipinski definition) is 2. The van der Waals surface area contributed by atoms with Gasteiger partial charge in [-0.2, -0.15) is 12.6 Å². The summed E-state index contributed by atoms with van der Waals surface area (Å²) in [6.07, 6.45) is 1.07. The van der Waals surface area contributed by atoms with Crippen LogP contribution in [0.15, 0.2) is 18.2 Å². The van der Waals surface area contributed by atoms with Gasteiger partial charge >= 0.3 is 0 Å². The molecule has 0 fully saturated rings. The Hall–Kier alpha value is -0.180. The first kappa shape index (κ1) is 9.38. The molecule has 70 valence electrons. The third-order valence-corrected chi connectivity index (χ3v) is 3.07. The average Bonchev–Trinajstić information content (AvgIpc) is 2.29. The highest BCUT2D eigenvalue weighted by molar-refractivity contribution is 7.80. The Bertz CT molecular complexity index is 314. The SMILES string of the molecule is SC1CNCCc2ccc(Cl)cc21. The van der Waals surface area contributed by atoms with Crippen molar-refractivity contribution in [3.63, 3.8) is 0 Å². The average molecular weight is 214 g/mol. The largest absolute Gasteiger partial charge is 0.315 e. The van der Waals surface area contributed by atoms with Gasteiger partial charge in [0.15, 0.2) is 0 Å². The fourth-order valence-electron chi connectivity index (χ4n) is 1.68. The lowest BCUT2D eigenvalue weighted by atomic mass is 10.0. The van der Waals surface area contributed by atoms with Crippen molar-refractivity contribution in [1.29, 1.82) is 0 Å². The maximum absolute atomic E-state index is 5.94. The molecule has 0 aliphatic carbocycles. The minimum absolute atomic E-state index is 0.274. The highest BCUT2D eigenvalue weighted by Gasteiger charge is 2.14. The van der Waals surface area contributed by atoms with Gasteiger partial charge in [0.25, 0.3) is 0 Å². The van der Waals surface area contributed by atoms with E-state index in [1.165, 1.54) is 11.1 Å². The van der Waals surface area contributed by atoms with Crippen LogP contribution in [0.1, 0.15) is 16.4 Å². The second-order valence-corrected chi connectivity index (χ2v) is 4.37. The van der Waals surface area contributed by atoms with E-state index in [2.05, 4.69) is 24.0 Å². The molecule has 1 atom stereocenters. The molecule has 1 unspecified atom stereocenters. The van der Waals surface area contributed by atoms with Gasteiger partial charge in [-0.25, -0.2) is 0 Å². The van der Waals surface area contributed by atoms with E-state index in [1.807, 2.05) is 12.1 Å². The van der Waals surface area contributed by atoms with E-state index in [0.717, 1.165) is 24.5 Å². The Balaban J connectivity index is 2.43. The molecule has 0 aromatic heterocycles. The Kier molecular flexibility index (Phi) is 2.82. The maximum Gasteiger partial charge on any atom is 0.0409 e. The molecule has 3 heteroatoms. The van der Waals surface area contributed by atoms with Crippen molar-refractivity contribution in [1.82, 2.24) is 5.32 Å². The summed E-state index contributed by atoms with van der Waals surface area (Å²) in [5.74, 6) is 0. The minimum Gasteiger partial charge on any atom is -0.315 e. The molecule has 1 nitrogen and oxygen atoms in total. The predicted octanol–water partition coefficient (Wildman–Crippen LogP) is 2.46. The van der Waals surface area contributed by atoms with E-state index in [4.69, 9.17) is 11.6 Å². The zero-order valence-electron chi connectivity index (χ0n) is 7.26. The smallest absolute Gasteiger partial charge is 0.0409 e. The quantitative estimate of drug-likeness (QED) is 0.631. The lowest BCUT2D eigenvalue weighted by Crippen LogP contribution is -2.17. The molecule has 13 heavy (non-hydrogen) atoms. The van der Waals surface area contributed by atoms with Crippen LogP contribution in [-0.2, 0) is 6.42 Å². The van der Waals surface area contributed by atoms with Crippen molar-refractivity contribution in [2.45, 2.75) is 11.7 Å². The van der Waals surface area contributed by atoms with Gasteiger partial charge in [0.2, 0.25) is 0 Å². The van der Waals surface area contributed by atoms with Crippen molar-refractivity contribution >= 4 is 24.2 Å². The van der Waals surface area contributed by atoms with Crippen molar-refractivity contribution < 1.29 is 0 Å². The van der Waals surface area contributed by atoms with Crippen LogP contribution in [0.5, 0.6) is 0 Å². The second-order valence-electron chi connectivity index (χ2n) is 3.31.